The van der Waals surface area contributed by atoms with Gasteiger partial charge in [-0.2, -0.15) is 5.10 Å². The van der Waals surface area contributed by atoms with E-state index in [2.05, 4.69) is 38.3 Å². The Kier molecular flexibility index (Phi) is 3.08. The van der Waals surface area contributed by atoms with Crippen LogP contribution in [0.3, 0.4) is 0 Å². The van der Waals surface area contributed by atoms with Crippen LogP contribution < -0.4 is 5.73 Å². The summed E-state index contributed by atoms with van der Waals surface area (Å²) in [6.07, 6.45) is 3.28. The molecule has 2 heterocycles. The normalized spacial score (nSPS) is 15.1. The number of aromatic nitrogens is 5. The van der Waals surface area contributed by atoms with Gasteiger partial charge < -0.3 is 5.73 Å². The molecule has 2 aromatic rings. The molecular weight excluding hydrogens is 308 g/mol. The van der Waals surface area contributed by atoms with Gasteiger partial charge in [0.2, 0.25) is 0 Å². The van der Waals surface area contributed by atoms with Crippen LogP contribution in [0.2, 0.25) is 0 Å². The molecule has 0 aliphatic heterocycles. The second-order valence-electron chi connectivity index (χ2n) is 4.98. The molecule has 1 fully saturated rings. The van der Waals surface area contributed by atoms with Crippen molar-refractivity contribution in [2.75, 3.05) is 5.73 Å². The van der Waals surface area contributed by atoms with E-state index in [9.17, 15) is 0 Å². The Hall–Kier alpha value is -1.37. The highest BCUT2D eigenvalue weighted by atomic mass is 79.9. The molecule has 0 amide bonds. The van der Waals surface area contributed by atoms with Crippen molar-refractivity contribution < 1.29 is 0 Å². The Morgan fingerprint density at radius 1 is 1.42 bits per heavy atom. The summed E-state index contributed by atoms with van der Waals surface area (Å²) in [6, 6.07) is 0. The molecule has 0 bridgehead atoms. The zero-order chi connectivity index (χ0) is 13.6. The van der Waals surface area contributed by atoms with Crippen LogP contribution in [-0.2, 0) is 20.0 Å². The Morgan fingerprint density at radius 3 is 2.74 bits per heavy atom. The maximum absolute atomic E-state index is 5.91. The van der Waals surface area contributed by atoms with Crippen LogP contribution in [0.5, 0.6) is 0 Å². The summed E-state index contributed by atoms with van der Waals surface area (Å²) in [5, 5.41) is 12.7. The van der Waals surface area contributed by atoms with Gasteiger partial charge in [-0.1, -0.05) is 12.1 Å². The zero-order valence-corrected chi connectivity index (χ0v) is 12.7. The van der Waals surface area contributed by atoms with Crippen LogP contribution in [0.4, 0.5) is 5.82 Å². The van der Waals surface area contributed by atoms with E-state index in [0.717, 1.165) is 28.0 Å². The number of hydrogen-bond acceptors (Lipinski definition) is 4. The number of halogens is 1. The lowest BCUT2D eigenvalue weighted by Crippen LogP contribution is -2.10. The second-order valence-corrected chi connectivity index (χ2v) is 5.77. The summed E-state index contributed by atoms with van der Waals surface area (Å²) in [4.78, 5) is 0. The van der Waals surface area contributed by atoms with Gasteiger partial charge in [0.1, 0.15) is 0 Å². The van der Waals surface area contributed by atoms with Crippen molar-refractivity contribution in [3.63, 3.8) is 0 Å². The summed E-state index contributed by atoms with van der Waals surface area (Å²) in [5.74, 6) is 1.10. The van der Waals surface area contributed by atoms with E-state index in [0.29, 0.717) is 18.3 Å². The second kappa shape index (κ2) is 4.63. The SMILES string of the molecule is CCc1nn(C)c(Cn2nnc(N)c2C2CC2)c1Br. The van der Waals surface area contributed by atoms with Crippen molar-refractivity contribution in [2.24, 2.45) is 7.05 Å². The molecule has 0 radical (unpaired) electrons. The predicted octanol–water partition coefficient (Wildman–Crippen LogP) is 1.84. The van der Waals surface area contributed by atoms with Gasteiger partial charge in [-0.05, 0) is 35.2 Å². The van der Waals surface area contributed by atoms with Crippen LogP contribution in [0.15, 0.2) is 4.47 Å². The molecule has 0 saturated heterocycles. The summed E-state index contributed by atoms with van der Waals surface area (Å²) in [5.41, 5.74) is 9.16. The van der Waals surface area contributed by atoms with Crippen molar-refractivity contribution in [3.8, 4) is 0 Å². The average molecular weight is 325 g/mol. The number of rotatable bonds is 4. The number of hydrogen-bond donors (Lipinski definition) is 1. The van der Waals surface area contributed by atoms with E-state index >= 15 is 0 Å². The van der Waals surface area contributed by atoms with E-state index in [1.54, 1.807) is 0 Å². The molecule has 19 heavy (non-hydrogen) atoms. The van der Waals surface area contributed by atoms with Crippen molar-refractivity contribution >= 4 is 21.7 Å². The van der Waals surface area contributed by atoms with Gasteiger partial charge in [-0.3, -0.25) is 4.68 Å². The van der Waals surface area contributed by atoms with Crippen molar-refractivity contribution in [1.82, 2.24) is 24.8 Å². The standard InChI is InChI=1S/C12H17BrN6/c1-3-8-10(13)9(18(2)16-8)6-19-11(7-4-5-7)12(14)15-17-19/h7H,3-6,14H2,1-2H3. The third kappa shape index (κ3) is 2.16. The molecular formula is C12H17BrN6. The van der Waals surface area contributed by atoms with Crippen LogP contribution in [0, 0.1) is 0 Å². The van der Waals surface area contributed by atoms with Gasteiger partial charge in [0.25, 0.3) is 0 Å². The number of nitrogens with zero attached hydrogens (tertiary/aromatic N) is 5. The molecule has 0 aromatic carbocycles. The summed E-state index contributed by atoms with van der Waals surface area (Å²) < 4.78 is 4.87. The van der Waals surface area contributed by atoms with E-state index in [1.807, 2.05) is 16.4 Å². The van der Waals surface area contributed by atoms with Gasteiger partial charge in [0.05, 0.1) is 28.1 Å². The first-order valence-electron chi connectivity index (χ1n) is 6.50. The van der Waals surface area contributed by atoms with E-state index in [4.69, 9.17) is 5.73 Å². The molecule has 0 unspecified atom stereocenters. The van der Waals surface area contributed by atoms with E-state index in [-0.39, 0.29) is 0 Å². The first kappa shape index (κ1) is 12.7. The largest absolute Gasteiger partial charge is 0.381 e. The van der Waals surface area contributed by atoms with Crippen LogP contribution in [-0.4, -0.2) is 24.8 Å². The van der Waals surface area contributed by atoms with Gasteiger partial charge in [0, 0.05) is 13.0 Å². The molecule has 2 N–H and O–H groups in total. The number of nitrogens with two attached hydrogens (primary N) is 1. The minimum absolute atomic E-state index is 0.535. The molecule has 7 heteroatoms. The highest BCUT2D eigenvalue weighted by molar-refractivity contribution is 9.10. The fraction of sp³-hybridized carbons (Fsp3) is 0.583. The third-order valence-corrected chi connectivity index (χ3v) is 4.48. The minimum Gasteiger partial charge on any atom is -0.381 e. The monoisotopic (exact) mass is 324 g/mol. The first-order valence-corrected chi connectivity index (χ1v) is 7.30. The molecule has 1 saturated carbocycles. The predicted molar refractivity (Wildman–Crippen MR) is 75.8 cm³/mol. The van der Waals surface area contributed by atoms with Crippen LogP contribution in [0.1, 0.15) is 42.8 Å². The molecule has 0 atom stereocenters. The van der Waals surface area contributed by atoms with Crippen LogP contribution in [0.25, 0.3) is 0 Å². The third-order valence-electron chi connectivity index (χ3n) is 3.57. The Morgan fingerprint density at radius 2 is 2.16 bits per heavy atom. The Bertz CT molecular complexity index is 610. The van der Waals surface area contributed by atoms with Gasteiger partial charge in [-0.25, -0.2) is 4.68 Å². The number of aryl methyl sites for hydroxylation is 2. The Labute approximate surface area is 120 Å². The maximum Gasteiger partial charge on any atom is 0.169 e. The molecule has 1 aliphatic carbocycles. The lowest BCUT2D eigenvalue weighted by Gasteiger charge is -2.07. The number of nitrogen functional groups attached to an aromatic ring is 1. The molecule has 0 spiro atoms. The smallest absolute Gasteiger partial charge is 0.169 e. The molecule has 1 aliphatic rings. The number of anilines is 1. The molecule has 6 nitrogen and oxygen atoms in total. The topological polar surface area (TPSA) is 74.5 Å². The molecule has 102 valence electrons. The lowest BCUT2D eigenvalue weighted by atomic mass is 10.2. The minimum atomic E-state index is 0.535. The highest BCUT2D eigenvalue weighted by Crippen LogP contribution is 2.42. The van der Waals surface area contributed by atoms with Gasteiger partial charge in [-0.15, -0.1) is 5.10 Å². The van der Waals surface area contributed by atoms with Crippen LogP contribution >= 0.6 is 15.9 Å². The Balaban J connectivity index is 1.95. The quantitative estimate of drug-likeness (QED) is 0.931. The fourth-order valence-corrected chi connectivity index (χ4v) is 3.10. The first-order chi connectivity index (χ1) is 9.11. The average Bonchev–Trinajstić information content (AvgIpc) is 3.10. The lowest BCUT2D eigenvalue weighted by molar-refractivity contribution is 0.577. The summed E-state index contributed by atoms with van der Waals surface area (Å²) >= 11 is 3.63. The van der Waals surface area contributed by atoms with Crippen molar-refractivity contribution in [1.29, 1.82) is 0 Å². The highest BCUT2D eigenvalue weighted by Gasteiger charge is 2.31. The fourth-order valence-electron chi connectivity index (χ4n) is 2.36. The van der Waals surface area contributed by atoms with Gasteiger partial charge in [0.15, 0.2) is 5.82 Å². The zero-order valence-electron chi connectivity index (χ0n) is 11.1. The van der Waals surface area contributed by atoms with Gasteiger partial charge >= 0.3 is 0 Å². The maximum atomic E-state index is 5.91. The van der Waals surface area contributed by atoms with E-state index in [1.165, 1.54) is 12.8 Å². The summed E-state index contributed by atoms with van der Waals surface area (Å²) in [7, 11) is 1.95. The van der Waals surface area contributed by atoms with E-state index < -0.39 is 0 Å². The van der Waals surface area contributed by atoms with Crippen molar-refractivity contribution in [2.45, 2.75) is 38.6 Å². The van der Waals surface area contributed by atoms with Crippen molar-refractivity contribution in [3.05, 3.63) is 21.6 Å². The molecule has 3 rings (SSSR count). The molecule has 2 aromatic heterocycles. The summed E-state index contributed by atoms with van der Waals surface area (Å²) in [6.45, 7) is 2.75.